The zero-order chi connectivity index (χ0) is 21.3. The summed E-state index contributed by atoms with van der Waals surface area (Å²) in [5, 5.41) is 10.5. The second-order valence-electron chi connectivity index (χ2n) is 8.31. The molecule has 1 aromatic carbocycles. The predicted octanol–water partition coefficient (Wildman–Crippen LogP) is 4.39. The summed E-state index contributed by atoms with van der Waals surface area (Å²) in [6.45, 7) is 9.01. The molecule has 158 valence electrons. The molecule has 1 unspecified atom stereocenters. The highest BCUT2D eigenvalue weighted by atomic mass is 19.1. The third-order valence-corrected chi connectivity index (χ3v) is 5.15. The molecule has 4 atom stereocenters. The Bertz CT molecular complexity index is 842. The number of aliphatic hydroxyl groups is 1. The van der Waals surface area contributed by atoms with Gasteiger partial charge in [0.15, 0.2) is 5.79 Å². The summed E-state index contributed by atoms with van der Waals surface area (Å²) in [5.74, 6) is -2.08. The molecule has 1 aromatic rings. The van der Waals surface area contributed by atoms with Crippen LogP contribution in [0, 0.1) is 13.8 Å². The van der Waals surface area contributed by atoms with Gasteiger partial charge in [0.05, 0.1) is 11.7 Å². The first-order chi connectivity index (χ1) is 13.6. The van der Waals surface area contributed by atoms with Crippen LogP contribution in [0.2, 0.25) is 0 Å². The predicted molar refractivity (Wildman–Crippen MR) is 108 cm³/mol. The van der Waals surface area contributed by atoms with E-state index >= 15 is 0 Å². The molecule has 6 heteroatoms. The number of esters is 1. The van der Waals surface area contributed by atoms with Gasteiger partial charge in [-0.05, 0) is 58.2 Å². The van der Waals surface area contributed by atoms with Crippen LogP contribution in [0.15, 0.2) is 30.1 Å². The van der Waals surface area contributed by atoms with Crippen LogP contribution in [0.1, 0.15) is 60.7 Å². The van der Waals surface area contributed by atoms with Gasteiger partial charge in [-0.1, -0.05) is 29.8 Å². The van der Waals surface area contributed by atoms with E-state index in [1.165, 1.54) is 6.08 Å². The Labute approximate surface area is 171 Å². The van der Waals surface area contributed by atoms with Crippen molar-refractivity contribution in [3.8, 4) is 0 Å². The highest BCUT2D eigenvalue weighted by molar-refractivity contribution is 5.95. The number of ether oxygens (including phenoxy) is 3. The fourth-order valence-electron chi connectivity index (χ4n) is 3.90. The number of carbonyl (C=O) groups excluding carboxylic acids is 1. The Morgan fingerprint density at radius 3 is 2.62 bits per heavy atom. The van der Waals surface area contributed by atoms with Gasteiger partial charge in [0.1, 0.15) is 24.1 Å². The number of carbonyl (C=O) groups is 1. The summed E-state index contributed by atoms with van der Waals surface area (Å²) in [6.07, 6.45) is 2.16. The van der Waals surface area contributed by atoms with Crippen molar-refractivity contribution < 1.29 is 28.5 Å². The summed E-state index contributed by atoms with van der Waals surface area (Å²) in [6, 6.07) is 3.86. The highest BCUT2D eigenvalue weighted by Gasteiger charge is 2.45. The monoisotopic (exact) mass is 404 g/mol. The molecule has 29 heavy (non-hydrogen) atoms. The summed E-state index contributed by atoms with van der Waals surface area (Å²) < 4.78 is 31.8. The van der Waals surface area contributed by atoms with E-state index in [4.69, 9.17) is 14.2 Å². The number of cyclic esters (lactones) is 1. The van der Waals surface area contributed by atoms with Gasteiger partial charge in [-0.15, -0.1) is 0 Å². The van der Waals surface area contributed by atoms with Crippen molar-refractivity contribution in [1.29, 1.82) is 0 Å². The number of fused-ring (bicyclic) bond motifs is 2. The zero-order valence-corrected chi connectivity index (χ0v) is 17.6. The van der Waals surface area contributed by atoms with E-state index in [1.54, 1.807) is 20.8 Å². The molecular formula is C23H29FO5. The topological polar surface area (TPSA) is 65.0 Å². The van der Waals surface area contributed by atoms with Crippen LogP contribution in [0.25, 0.3) is 6.08 Å². The van der Waals surface area contributed by atoms with Crippen LogP contribution in [0.5, 0.6) is 0 Å². The van der Waals surface area contributed by atoms with E-state index in [2.05, 4.69) is 0 Å². The molecule has 0 spiro atoms. The van der Waals surface area contributed by atoms with Gasteiger partial charge >= 0.3 is 5.97 Å². The van der Waals surface area contributed by atoms with Crippen LogP contribution in [-0.4, -0.2) is 41.3 Å². The van der Waals surface area contributed by atoms with E-state index in [-0.39, 0.29) is 6.42 Å². The molecule has 2 aliphatic rings. The van der Waals surface area contributed by atoms with Crippen LogP contribution in [0.4, 0.5) is 4.39 Å². The molecule has 1 saturated heterocycles. The van der Waals surface area contributed by atoms with Crippen molar-refractivity contribution in [2.24, 2.45) is 0 Å². The molecule has 2 heterocycles. The molecule has 0 aliphatic carbocycles. The molecule has 1 N–H and O–H groups in total. The number of benzene rings is 1. The number of halogens is 1. The van der Waals surface area contributed by atoms with Gasteiger partial charge in [-0.2, -0.15) is 0 Å². The van der Waals surface area contributed by atoms with Crippen LogP contribution < -0.4 is 0 Å². The Balaban J connectivity index is 2.01. The molecule has 0 saturated carbocycles. The van der Waals surface area contributed by atoms with Gasteiger partial charge in [0, 0.05) is 6.42 Å². The lowest BCUT2D eigenvalue weighted by Crippen LogP contribution is -2.36. The third-order valence-electron chi connectivity index (χ3n) is 5.15. The first-order valence-electron chi connectivity index (χ1n) is 9.95. The average molecular weight is 404 g/mol. The molecule has 0 radical (unpaired) electrons. The van der Waals surface area contributed by atoms with E-state index in [1.807, 2.05) is 38.1 Å². The first-order valence-corrected chi connectivity index (χ1v) is 9.95. The van der Waals surface area contributed by atoms with Gasteiger partial charge in [-0.3, -0.25) is 0 Å². The fourth-order valence-corrected chi connectivity index (χ4v) is 3.90. The Morgan fingerprint density at radius 2 is 1.90 bits per heavy atom. The van der Waals surface area contributed by atoms with Crippen LogP contribution >= 0.6 is 0 Å². The van der Waals surface area contributed by atoms with E-state index in [0.717, 1.165) is 16.7 Å². The lowest BCUT2D eigenvalue weighted by molar-refractivity contribution is -0.153. The van der Waals surface area contributed by atoms with E-state index < -0.39 is 42.0 Å². The smallest absolute Gasteiger partial charge is 0.339 e. The first kappa shape index (κ1) is 21.7. The summed E-state index contributed by atoms with van der Waals surface area (Å²) in [7, 11) is 0. The van der Waals surface area contributed by atoms with Crippen molar-refractivity contribution in [3.63, 3.8) is 0 Å². The number of aliphatic hydroxyl groups excluding tert-OH is 1. The lowest BCUT2D eigenvalue weighted by atomic mass is 9.97. The Hall–Kier alpha value is -2.02. The fraction of sp³-hybridized carbons (Fsp3) is 0.522. The lowest BCUT2D eigenvalue weighted by Gasteiger charge is -2.22. The van der Waals surface area contributed by atoms with Crippen molar-refractivity contribution in [2.45, 2.75) is 77.7 Å². The summed E-state index contributed by atoms with van der Waals surface area (Å²) in [5.41, 5.74) is 3.12. The van der Waals surface area contributed by atoms with Crippen molar-refractivity contribution in [2.75, 3.05) is 0 Å². The second kappa shape index (κ2) is 8.38. The number of hydrogen-bond donors (Lipinski definition) is 1. The van der Waals surface area contributed by atoms with Gasteiger partial charge in [0.25, 0.3) is 0 Å². The van der Waals surface area contributed by atoms with Crippen LogP contribution in [-0.2, 0) is 14.2 Å². The zero-order valence-electron chi connectivity index (χ0n) is 17.6. The molecule has 0 amide bonds. The summed E-state index contributed by atoms with van der Waals surface area (Å²) in [4.78, 5) is 12.8. The Morgan fingerprint density at radius 1 is 1.17 bits per heavy atom. The van der Waals surface area contributed by atoms with Crippen molar-refractivity contribution >= 4 is 12.0 Å². The van der Waals surface area contributed by atoms with E-state index in [9.17, 15) is 14.3 Å². The highest BCUT2D eigenvalue weighted by Crippen LogP contribution is 2.34. The molecule has 0 aromatic heterocycles. The maximum Gasteiger partial charge on any atom is 0.339 e. The maximum absolute atomic E-state index is 14.6. The molecule has 0 bridgehead atoms. The number of aryl methyl sites for hydroxylation is 2. The minimum Gasteiger partial charge on any atom is -0.459 e. The molecule has 3 rings (SSSR count). The molecular weight excluding hydrogens is 375 g/mol. The SMILES string of the molecule is Cc1cc(C)c2c(c1)C=CC[C@@H]1OC(C)(C)O[C@@H]1C(O)/C(F)=C\C[C@H](C)OC2=O. The van der Waals surface area contributed by atoms with Crippen molar-refractivity contribution in [1.82, 2.24) is 0 Å². The minimum atomic E-state index is -1.45. The van der Waals surface area contributed by atoms with Crippen LogP contribution in [0.3, 0.4) is 0 Å². The largest absolute Gasteiger partial charge is 0.459 e. The van der Waals surface area contributed by atoms with Crippen molar-refractivity contribution in [3.05, 3.63) is 52.4 Å². The van der Waals surface area contributed by atoms with Gasteiger partial charge in [0.2, 0.25) is 0 Å². The quantitative estimate of drug-likeness (QED) is 0.650. The second-order valence-corrected chi connectivity index (χ2v) is 8.31. The average Bonchev–Trinajstić information content (AvgIpc) is 2.92. The maximum atomic E-state index is 14.6. The van der Waals surface area contributed by atoms with Gasteiger partial charge < -0.3 is 19.3 Å². The normalized spacial score (nSPS) is 31.8. The summed E-state index contributed by atoms with van der Waals surface area (Å²) >= 11 is 0. The minimum absolute atomic E-state index is 0.145. The molecule has 1 fully saturated rings. The Kier molecular flexibility index (Phi) is 6.27. The standard InChI is InChI=1S/C23H29FO5/c1-13-11-14(2)19-16(12-13)7-6-8-18-21(29-23(4,5)28-18)20(25)17(24)10-9-15(3)27-22(19)26/h6-7,10-12,15,18,20-21,25H,8-9H2,1-5H3/b7-6?,17-10+/t15-,18-,20?,21-/m0/s1. The number of hydrogen-bond acceptors (Lipinski definition) is 5. The van der Waals surface area contributed by atoms with E-state index in [0.29, 0.717) is 12.0 Å². The third kappa shape index (κ3) is 4.94. The molecule has 2 aliphatic heterocycles. The molecule has 5 nitrogen and oxygen atoms in total. The van der Waals surface area contributed by atoms with Gasteiger partial charge in [-0.25, -0.2) is 9.18 Å². The number of rotatable bonds is 0.